The third kappa shape index (κ3) is 4.42. The Kier molecular flexibility index (Phi) is 5.83. The molecule has 32 heavy (non-hydrogen) atoms. The van der Waals surface area contributed by atoms with Gasteiger partial charge in [-0.1, -0.05) is 29.3 Å². The largest absolute Gasteiger partial charge is 0.322 e. The van der Waals surface area contributed by atoms with Crippen LogP contribution in [-0.2, 0) is 12.5 Å². The van der Waals surface area contributed by atoms with Gasteiger partial charge in [0.15, 0.2) is 5.65 Å². The number of alkyl halides is 2. The van der Waals surface area contributed by atoms with Gasteiger partial charge in [0.1, 0.15) is 5.69 Å². The lowest BCUT2D eigenvalue weighted by Crippen LogP contribution is -2.13. The molecule has 3 heterocycles. The summed E-state index contributed by atoms with van der Waals surface area (Å²) in [5, 5.41) is 8.54. The Hall–Kier alpha value is -3.10. The van der Waals surface area contributed by atoms with Crippen LogP contribution in [0.3, 0.4) is 0 Å². The van der Waals surface area contributed by atoms with Gasteiger partial charge in [0.2, 0.25) is 0 Å². The van der Waals surface area contributed by atoms with Crippen molar-refractivity contribution < 1.29 is 13.6 Å². The van der Waals surface area contributed by atoms with Crippen LogP contribution in [0.15, 0.2) is 48.8 Å². The molecule has 4 rings (SSSR count). The van der Waals surface area contributed by atoms with E-state index in [1.807, 2.05) is 0 Å². The molecule has 0 atom stereocenters. The van der Waals surface area contributed by atoms with E-state index >= 15 is 0 Å². The number of nitrogens with zero attached hydrogens (tertiary/aromatic N) is 4. The summed E-state index contributed by atoms with van der Waals surface area (Å²) in [6.45, 7) is 2.81. The quantitative estimate of drug-likeness (QED) is 0.392. The lowest BCUT2D eigenvalue weighted by atomic mass is 10.2. The molecule has 0 saturated heterocycles. The standard InChI is InChI=1S/C22H17Cl2F2N5O/c1-12-18-19(24)16(21(32)29-15-6-4-14(23)5-7-15)10-28-20(18)31(30-12)11-13-3-8-17(27-9-13)22(2,25)26/h3-10H,11H2,1-2H3,(H,29,32). The van der Waals surface area contributed by atoms with Crippen LogP contribution in [0.25, 0.3) is 11.0 Å². The molecule has 164 valence electrons. The van der Waals surface area contributed by atoms with Gasteiger partial charge in [0.25, 0.3) is 11.8 Å². The van der Waals surface area contributed by atoms with E-state index in [4.69, 9.17) is 23.2 Å². The van der Waals surface area contributed by atoms with Crippen molar-refractivity contribution in [2.24, 2.45) is 0 Å². The van der Waals surface area contributed by atoms with Crippen molar-refractivity contribution in [3.63, 3.8) is 0 Å². The normalized spacial score (nSPS) is 11.7. The van der Waals surface area contributed by atoms with E-state index in [1.54, 1.807) is 41.9 Å². The molecule has 6 nitrogen and oxygen atoms in total. The second-order valence-electron chi connectivity index (χ2n) is 7.33. The molecule has 1 aromatic carbocycles. The molecule has 0 bridgehead atoms. The maximum absolute atomic E-state index is 13.4. The summed E-state index contributed by atoms with van der Waals surface area (Å²) in [7, 11) is 0. The number of hydrogen-bond donors (Lipinski definition) is 1. The summed E-state index contributed by atoms with van der Waals surface area (Å²) in [6, 6.07) is 9.54. The third-order valence-corrected chi connectivity index (χ3v) is 5.47. The van der Waals surface area contributed by atoms with Gasteiger partial charge in [0.05, 0.1) is 28.2 Å². The highest BCUT2D eigenvalue weighted by Crippen LogP contribution is 2.30. The highest BCUT2D eigenvalue weighted by molar-refractivity contribution is 6.39. The number of fused-ring (bicyclic) bond motifs is 1. The zero-order valence-electron chi connectivity index (χ0n) is 17.0. The number of aromatic nitrogens is 4. The molecule has 0 unspecified atom stereocenters. The maximum atomic E-state index is 13.4. The Labute approximate surface area is 192 Å². The van der Waals surface area contributed by atoms with E-state index in [0.717, 1.165) is 6.92 Å². The second kappa shape index (κ2) is 8.44. The molecule has 1 N–H and O–H groups in total. The summed E-state index contributed by atoms with van der Waals surface area (Å²) in [5.41, 5.74) is 2.19. The van der Waals surface area contributed by atoms with Crippen molar-refractivity contribution in [1.82, 2.24) is 19.7 Å². The Balaban J connectivity index is 1.62. The molecule has 0 radical (unpaired) electrons. The van der Waals surface area contributed by atoms with Crippen molar-refractivity contribution in [2.45, 2.75) is 26.3 Å². The van der Waals surface area contributed by atoms with Gasteiger partial charge in [-0.25, -0.2) is 9.67 Å². The van der Waals surface area contributed by atoms with Gasteiger partial charge in [-0.15, -0.1) is 0 Å². The van der Waals surface area contributed by atoms with Crippen molar-refractivity contribution in [2.75, 3.05) is 5.32 Å². The third-order valence-electron chi connectivity index (χ3n) is 4.83. The van der Waals surface area contributed by atoms with E-state index in [-0.39, 0.29) is 22.8 Å². The molecule has 3 aromatic heterocycles. The van der Waals surface area contributed by atoms with Gasteiger partial charge < -0.3 is 5.32 Å². The Morgan fingerprint density at radius 2 is 1.81 bits per heavy atom. The number of rotatable bonds is 5. The highest BCUT2D eigenvalue weighted by Gasteiger charge is 2.26. The molecular weight excluding hydrogens is 459 g/mol. The zero-order chi connectivity index (χ0) is 23.0. The summed E-state index contributed by atoms with van der Waals surface area (Å²) >= 11 is 12.4. The van der Waals surface area contributed by atoms with E-state index in [0.29, 0.717) is 33.0 Å². The number of halogens is 4. The lowest BCUT2D eigenvalue weighted by molar-refractivity contribution is 0.0127. The van der Waals surface area contributed by atoms with Crippen LogP contribution in [0.4, 0.5) is 14.5 Å². The number of benzene rings is 1. The van der Waals surface area contributed by atoms with Crippen LogP contribution in [0.5, 0.6) is 0 Å². The van der Waals surface area contributed by atoms with Crippen LogP contribution >= 0.6 is 23.2 Å². The predicted octanol–water partition coefficient (Wildman–Crippen LogP) is 5.85. The van der Waals surface area contributed by atoms with E-state index in [1.165, 1.54) is 18.5 Å². The minimum Gasteiger partial charge on any atom is -0.322 e. The number of carbonyl (C=O) groups is 1. The van der Waals surface area contributed by atoms with Crippen LogP contribution in [0.2, 0.25) is 10.0 Å². The van der Waals surface area contributed by atoms with Gasteiger partial charge in [0, 0.05) is 30.0 Å². The first-order chi connectivity index (χ1) is 15.1. The van der Waals surface area contributed by atoms with E-state index in [9.17, 15) is 13.6 Å². The number of amides is 1. The molecule has 0 fully saturated rings. The summed E-state index contributed by atoms with van der Waals surface area (Å²) in [4.78, 5) is 20.9. The number of anilines is 1. The number of pyridine rings is 2. The van der Waals surface area contributed by atoms with Crippen molar-refractivity contribution in [3.8, 4) is 0 Å². The fourth-order valence-corrected chi connectivity index (χ4v) is 3.71. The fourth-order valence-electron chi connectivity index (χ4n) is 3.23. The van der Waals surface area contributed by atoms with Gasteiger partial charge in [-0.2, -0.15) is 13.9 Å². The first-order valence-corrected chi connectivity index (χ1v) is 10.3. The predicted molar refractivity (Wildman–Crippen MR) is 120 cm³/mol. The SMILES string of the molecule is Cc1nn(Cc2ccc(C(C)(F)F)nc2)c2ncc(C(=O)Nc3ccc(Cl)cc3)c(Cl)c12. The minimum absolute atomic E-state index is 0.202. The lowest BCUT2D eigenvalue weighted by Gasteiger charge is -2.10. The average molecular weight is 476 g/mol. The monoisotopic (exact) mass is 475 g/mol. The van der Waals surface area contributed by atoms with Crippen LogP contribution in [0, 0.1) is 6.92 Å². The Bertz CT molecular complexity index is 1300. The van der Waals surface area contributed by atoms with Crippen molar-refractivity contribution >= 4 is 45.8 Å². The molecular formula is C22H17Cl2F2N5O. The van der Waals surface area contributed by atoms with Gasteiger partial charge >= 0.3 is 0 Å². The summed E-state index contributed by atoms with van der Waals surface area (Å²) in [5.74, 6) is -3.43. The van der Waals surface area contributed by atoms with Crippen LogP contribution in [0.1, 0.15) is 34.2 Å². The Morgan fingerprint density at radius 1 is 1.09 bits per heavy atom. The first kappa shape index (κ1) is 22.1. The molecule has 10 heteroatoms. The topological polar surface area (TPSA) is 72.7 Å². The highest BCUT2D eigenvalue weighted by atomic mass is 35.5. The number of aryl methyl sites for hydroxylation is 1. The van der Waals surface area contributed by atoms with Crippen molar-refractivity contribution in [3.05, 3.63) is 81.4 Å². The molecule has 1 amide bonds. The summed E-state index contributed by atoms with van der Waals surface area (Å²) < 4.78 is 28.4. The molecule has 0 spiro atoms. The molecule has 0 aliphatic heterocycles. The van der Waals surface area contributed by atoms with Crippen molar-refractivity contribution in [1.29, 1.82) is 0 Å². The average Bonchev–Trinajstić information content (AvgIpc) is 3.05. The smallest absolute Gasteiger partial charge is 0.286 e. The van der Waals surface area contributed by atoms with Gasteiger partial charge in [-0.3, -0.25) is 9.78 Å². The minimum atomic E-state index is -3.01. The molecule has 0 aliphatic carbocycles. The van der Waals surface area contributed by atoms with Crippen LogP contribution < -0.4 is 5.32 Å². The number of hydrogen-bond acceptors (Lipinski definition) is 4. The number of nitrogens with one attached hydrogen (secondary N) is 1. The Morgan fingerprint density at radius 3 is 2.44 bits per heavy atom. The molecule has 0 aliphatic rings. The molecule has 4 aromatic rings. The molecule has 0 saturated carbocycles. The summed E-state index contributed by atoms with van der Waals surface area (Å²) in [6.07, 6.45) is 2.76. The zero-order valence-corrected chi connectivity index (χ0v) is 18.5. The fraction of sp³-hybridized carbons (Fsp3) is 0.182. The first-order valence-electron chi connectivity index (χ1n) is 9.55. The maximum Gasteiger partial charge on any atom is 0.286 e. The van der Waals surface area contributed by atoms with E-state index in [2.05, 4.69) is 20.4 Å². The van der Waals surface area contributed by atoms with E-state index < -0.39 is 11.8 Å². The van der Waals surface area contributed by atoms with Crippen LogP contribution in [-0.4, -0.2) is 25.7 Å². The van der Waals surface area contributed by atoms with Gasteiger partial charge in [-0.05, 0) is 42.8 Å². The number of carbonyl (C=O) groups excluding carboxylic acids is 1. The second-order valence-corrected chi connectivity index (χ2v) is 8.14.